The Hall–Kier alpha value is -3.54. The molecule has 1 aromatic rings. The fourth-order valence-corrected chi connectivity index (χ4v) is 4.24. The van der Waals surface area contributed by atoms with E-state index in [-0.39, 0.29) is 31.5 Å². The van der Waals surface area contributed by atoms with E-state index in [0.29, 0.717) is 23.5 Å². The third kappa shape index (κ3) is 12.2. The molecule has 3 unspecified atom stereocenters. The van der Waals surface area contributed by atoms with Crippen molar-refractivity contribution in [2.24, 2.45) is 11.8 Å². The normalized spacial score (nSPS) is 13.5. The van der Waals surface area contributed by atoms with E-state index >= 15 is 0 Å². The van der Waals surface area contributed by atoms with Crippen LogP contribution in [0.3, 0.4) is 0 Å². The summed E-state index contributed by atoms with van der Waals surface area (Å²) in [4.78, 5) is 54.4. The molecule has 1 aromatic carbocycles. The maximum Gasteiger partial charge on any atom is 0.408 e. The van der Waals surface area contributed by atoms with Gasteiger partial charge < -0.3 is 25.0 Å². The number of ether oxygens (including phenoxy) is 2. The predicted octanol–water partition coefficient (Wildman–Crippen LogP) is 4.98. The number of alkyl carbamates (subject to hydrolysis) is 1. The average Bonchev–Trinajstić information content (AvgIpc) is 2.87. The van der Waals surface area contributed by atoms with Gasteiger partial charge in [0.15, 0.2) is 0 Å². The Balaban J connectivity index is 3.57. The Labute approximate surface area is 246 Å². The molecule has 0 spiro atoms. The van der Waals surface area contributed by atoms with Crippen LogP contribution in [-0.2, 0) is 23.9 Å². The van der Waals surface area contributed by atoms with Crippen LogP contribution < -0.4 is 10.6 Å². The van der Waals surface area contributed by atoms with Crippen molar-refractivity contribution in [3.8, 4) is 12.3 Å². The summed E-state index contributed by atoms with van der Waals surface area (Å²) in [6, 6.07) is 4.53. The minimum atomic E-state index is -1.04. The summed E-state index contributed by atoms with van der Waals surface area (Å²) in [5.41, 5.74) is 0.439. The lowest BCUT2D eigenvalue weighted by molar-refractivity contribution is -0.146. The standard InChI is InChI=1S/C32H49N3O6/c1-11-24-15-17-25(18-16-24)28(29(37)33-20-19-26(36)40-12-2)35(23(7)14-13-21(3)4)30(38)27(22(5)6)34-31(39)41-32(8,9)10/h1,15-18,21-23,27-28H,12-14,19-20H2,2-10H3,(H,33,37)(H,34,39). The number of hydrogen-bond donors (Lipinski definition) is 2. The minimum absolute atomic E-state index is 0.00595. The van der Waals surface area contributed by atoms with Crippen LogP contribution in [0.4, 0.5) is 4.79 Å². The summed E-state index contributed by atoms with van der Waals surface area (Å²) >= 11 is 0. The molecule has 0 fully saturated rings. The van der Waals surface area contributed by atoms with Crippen LogP contribution in [0.2, 0.25) is 0 Å². The lowest BCUT2D eigenvalue weighted by Gasteiger charge is -2.39. The highest BCUT2D eigenvalue weighted by Gasteiger charge is 2.39. The maximum atomic E-state index is 14.4. The molecule has 0 aliphatic rings. The molecule has 9 nitrogen and oxygen atoms in total. The molecule has 3 amide bonds. The first-order chi connectivity index (χ1) is 19.1. The van der Waals surface area contributed by atoms with Crippen LogP contribution in [-0.4, -0.2) is 59.6 Å². The Morgan fingerprint density at radius 3 is 2.10 bits per heavy atom. The molecule has 228 valence electrons. The van der Waals surface area contributed by atoms with Crippen molar-refractivity contribution < 1.29 is 28.7 Å². The minimum Gasteiger partial charge on any atom is -0.466 e. The van der Waals surface area contributed by atoms with Crippen LogP contribution in [0.15, 0.2) is 24.3 Å². The van der Waals surface area contributed by atoms with Gasteiger partial charge in [0.1, 0.15) is 17.7 Å². The second kappa shape index (κ2) is 16.7. The van der Waals surface area contributed by atoms with Crippen molar-refractivity contribution >= 4 is 23.9 Å². The third-order valence-corrected chi connectivity index (χ3v) is 6.35. The van der Waals surface area contributed by atoms with Crippen LogP contribution >= 0.6 is 0 Å². The van der Waals surface area contributed by atoms with Gasteiger partial charge in [0, 0.05) is 18.2 Å². The average molecular weight is 572 g/mol. The summed E-state index contributed by atoms with van der Waals surface area (Å²) in [5, 5.41) is 5.55. The number of carbonyl (C=O) groups excluding carboxylic acids is 4. The third-order valence-electron chi connectivity index (χ3n) is 6.35. The monoisotopic (exact) mass is 571 g/mol. The molecule has 0 bridgehead atoms. The summed E-state index contributed by atoms with van der Waals surface area (Å²) in [5.74, 6) is 1.36. The van der Waals surface area contributed by atoms with Crippen molar-refractivity contribution in [2.45, 2.75) is 105 Å². The molecule has 2 N–H and O–H groups in total. The second-order valence-corrected chi connectivity index (χ2v) is 11.9. The van der Waals surface area contributed by atoms with E-state index in [9.17, 15) is 19.2 Å². The molecule has 0 aliphatic carbocycles. The number of rotatable bonds is 14. The van der Waals surface area contributed by atoms with Gasteiger partial charge in [0.05, 0.1) is 13.0 Å². The van der Waals surface area contributed by atoms with Crippen LogP contribution in [0, 0.1) is 24.2 Å². The van der Waals surface area contributed by atoms with Gasteiger partial charge in [-0.05, 0) is 77.0 Å². The lowest BCUT2D eigenvalue weighted by atomic mass is 9.94. The first-order valence-electron chi connectivity index (χ1n) is 14.4. The number of amides is 3. The SMILES string of the molecule is C#Cc1ccc(C(C(=O)NCCC(=O)OCC)N(C(=O)C(NC(=O)OC(C)(C)C)C(C)C)C(C)CCC(C)C)cc1. The fraction of sp³-hybridized carbons (Fsp3) is 0.625. The van der Waals surface area contributed by atoms with Gasteiger partial charge in [0.25, 0.3) is 0 Å². The zero-order valence-electron chi connectivity index (χ0n) is 26.2. The van der Waals surface area contributed by atoms with Crippen molar-refractivity contribution in [2.75, 3.05) is 13.2 Å². The van der Waals surface area contributed by atoms with Gasteiger partial charge in [-0.3, -0.25) is 14.4 Å². The van der Waals surface area contributed by atoms with Gasteiger partial charge in [-0.1, -0.05) is 45.7 Å². The van der Waals surface area contributed by atoms with E-state index in [1.54, 1.807) is 56.9 Å². The van der Waals surface area contributed by atoms with Crippen LogP contribution in [0.1, 0.15) is 98.7 Å². The smallest absolute Gasteiger partial charge is 0.408 e. The number of nitrogens with zero attached hydrogens (tertiary/aromatic N) is 1. The molecule has 9 heteroatoms. The highest BCUT2D eigenvalue weighted by molar-refractivity contribution is 5.92. The molecule has 3 atom stereocenters. The Morgan fingerprint density at radius 1 is 1.00 bits per heavy atom. The van der Waals surface area contributed by atoms with Gasteiger partial charge in [-0.25, -0.2) is 4.79 Å². The topological polar surface area (TPSA) is 114 Å². The molecular formula is C32H49N3O6. The van der Waals surface area contributed by atoms with Gasteiger partial charge in [0.2, 0.25) is 11.8 Å². The van der Waals surface area contributed by atoms with Gasteiger partial charge >= 0.3 is 12.1 Å². The Morgan fingerprint density at radius 2 is 1.61 bits per heavy atom. The molecule has 0 aliphatic heterocycles. The summed E-state index contributed by atoms with van der Waals surface area (Å²) in [6.07, 6.45) is 6.29. The van der Waals surface area contributed by atoms with E-state index < -0.39 is 41.6 Å². The van der Waals surface area contributed by atoms with Crippen LogP contribution in [0.5, 0.6) is 0 Å². The highest BCUT2D eigenvalue weighted by Crippen LogP contribution is 2.29. The van der Waals surface area contributed by atoms with Crippen molar-refractivity contribution in [1.82, 2.24) is 15.5 Å². The number of nitrogens with one attached hydrogen (secondary N) is 2. The van der Waals surface area contributed by atoms with Crippen molar-refractivity contribution in [3.05, 3.63) is 35.4 Å². The van der Waals surface area contributed by atoms with Gasteiger partial charge in [-0.15, -0.1) is 6.42 Å². The predicted molar refractivity (Wildman–Crippen MR) is 160 cm³/mol. The molecule has 0 aromatic heterocycles. The summed E-state index contributed by atoms with van der Waals surface area (Å²) in [6.45, 7) is 17.0. The van der Waals surface area contributed by atoms with E-state index in [0.717, 1.165) is 6.42 Å². The summed E-state index contributed by atoms with van der Waals surface area (Å²) < 4.78 is 10.4. The lowest BCUT2D eigenvalue weighted by Crippen LogP contribution is -2.57. The number of benzene rings is 1. The van der Waals surface area contributed by atoms with E-state index in [2.05, 4.69) is 30.4 Å². The quantitative estimate of drug-likeness (QED) is 0.241. The number of esters is 1. The molecule has 0 radical (unpaired) electrons. The molecule has 0 heterocycles. The molecule has 1 rings (SSSR count). The number of carbonyl (C=O) groups is 4. The highest BCUT2D eigenvalue weighted by atomic mass is 16.6. The van der Waals surface area contributed by atoms with E-state index in [1.807, 2.05) is 20.8 Å². The largest absolute Gasteiger partial charge is 0.466 e. The first kappa shape index (κ1) is 35.5. The number of terminal acetylenes is 1. The number of hydrogen-bond acceptors (Lipinski definition) is 6. The van der Waals surface area contributed by atoms with Crippen LogP contribution in [0.25, 0.3) is 0 Å². The molecular weight excluding hydrogens is 522 g/mol. The molecule has 41 heavy (non-hydrogen) atoms. The zero-order chi connectivity index (χ0) is 31.3. The summed E-state index contributed by atoms with van der Waals surface area (Å²) in [7, 11) is 0. The Bertz CT molecular complexity index is 1050. The maximum absolute atomic E-state index is 14.4. The molecule has 0 saturated heterocycles. The van der Waals surface area contributed by atoms with Crippen molar-refractivity contribution in [3.63, 3.8) is 0 Å². The first-order valence-corrected chi connectivity index (χ1v) is 14.4. The molecule has 0 saturated carbocycles. The Kier molecular flexibility index (Phi) is 14.4. The second-order valence-electron chi connectivity index (χ2n) is 11.9. The van der Waals surface area contributed by atoms with Crippen molar-refractivity contribution in [1.29, 1.82) is 0 Å². The van der Waals surface area contributed by atoms with E-state index in [4.69, 9.17) is 15.9 Å². The van der Waals surface area contributed by atoms with Gasteiger partial charge in [-0.2, -0.15) is 0 Å². The van der Waals surface area contributed by atoms with E-state index in [1.165, 1.54) is 0 Å². The fourth-order valence-electron chi connectivity index (χ4n) is 4.24. The zero-order valence-corrected chi connectivity index (χ0v) is 26.2.